The highest BCUT2D eigenvalue weighted by atomic mass is 16.3. The van der Waals surface area contributed by atoms with Crippen molar-refractivity contribution in [2.24, 2.45) is 5.73 Å². The Morgan fingerprint density at radius 3 is 2.81 bits per heavy atom. The molecule has 0 saturated heterocycles. The largest absolute Gasteiger partial charge is 0.383 e. The molecule has 0 aliphatic heterocycles. The first kappa shape index (κ1) is 12.7. The van der Waals surface area contributed by atoms with Crippen molar-refractivity contribution < 1.29 is 9.90 Å². The van der Waals surface area contributed by atoms with Gasteiger partial charge in [0.15, 0.2) is 0 Å². The lowest BCUT2D eigenvalue weighted by molar-refractivity contribution is -0.129. The van der Waals surface area contributed by atoms with E-state index < -0.39 is 6.10 Å². The van der Waals surface area contributed by atoms with Crippen molar-refractivity contribution >= 4 is 5.91 Å². The summed E-state index contributed by atoms with van der Waals surface area (Å²) in [4.78, 5) is 11.3. The molecule has 1 rings (SSSR count). The number of rotatable bonds is 5. The van der Waals surface area contributed by atoms with Crippen LogP contribution in [0.15, 0.2) is 24.3 Å². The van der Waals surface area contributed by atoms with Gasteiger partial charge in [-0.15, -0.1) is 0 Å². The van der Waals surface area contributed by atoms with E-state index in [4.69, 9.17) is 5.73 Å². The quantitative estimate of drug-likeness (QED) is 0.680. The van der Waals surface area contributed by atoms with Gasteiger partial charge in [-0.25, -0.2) is 0 Å². The van der Waals surface area contributed by atoms with Crippen molar-refractivity contribution in [1.29, 1.82) is 0 Å². The smallest absolute Gasteiger partial charge is 0.249 e. The van der Waals surface area contributed by atoms with Crippen LogP contribution < -0.4 is 11.1 Å². The minimum absolute atomic E-state index is 0.333. The molecule has 1 unspecified atom stereocenters. The van der Waals surface area contributed by atoms with Gasteiger partial charge in [-0.05, 0) is 17.5 Å². The number of nitrogens with one attached hydrogen (secondary N) is 1. The fourth-order valence-corrected chi connectivity index (χ4v) is 1.36. The molecule has 16 heavy (non-hydrogen) atoms. The maximum Gasteiger partial charge on any atom is 0.249 e. The van der Waals surface area contributed by atoms with Crippen molar-refractivity contribution in [2.75, 3.05) is 0 Å². The monoisotopic (exact) mass is 222 g/mol. The standard InChI is InChI=1S/C12H18N2O2/c1-2-11(15)12(16)14-8-10-5-3-4-9(6-10)7-13/h3-6,11,15H,2,7-8,13H2,1H3,(H,14,16). The van der Waals surface area contributed by atoms with Gasteiger partial charge in [0, 0.05) is 13.1 Å². The second kappa shape index (κ2) is 6.25. The van der Waals surface area contributed by atoms with E-state index in [1.54, 1.807) is 6.92 Å². The summed E-state index contributed by atoms with van der Waals surface area (Å²) in [6, 6.07) is 7.70. The Morgan fingerprint density at radius 1 is 1.50 bits per heavy atom. The molecular weight excluding hydrogens is 204 g/mol. The number of benzene rings is 1. The molecule has 1 aromatic rings. The van der Waals surface area contributed by atoms with E-state index in [0.717, 1.165) is 11.1 Å². The predicted molar refractivity (Wildman–Crippen MR) is 62.5 cm³/mol. The number of aliphatic hydroxyl groups excluding tert-OH is 1. The average Bonchev–Trinajstić information content (AvgIpc) is 2.35. The van der Waals surface area contributed by atoms with Gasteiger partial charge in [0.05, 0.1) is 0 Å². The van der Waals surface area contributed by atoms with E-state index in [-0.39, 0.29) is 5.91 Å². The maximum atomic E-state index is 11.3. The van der Waals surface area contributed by atoms with Crippen LogP contribution in [-0.2, 0) is 17.9 Å². The van der Waals surface area contributed by atoms with Crippen molar-refractivity contribution in [3.8, 4) is 0 Å². The third kappa shape index (κ3) is 3.64. The molecule has 1 atom stereocenters. The highest BCUT2D eigenvalue weighted by Crippen LogP contribution is 2.04. The van der Waals surface area contributed by atoms with E-state index in [1.165, 1.54) is 0 Å². The molecule has 1 amide bonds. The average molecular weight is 222 g/mol. The van der Waals surface area contributed by atoms with Crippen LogP contribution in [0.1, 0.15) is 24.5 Å². The lowest BCUT2D eigenvalue weighted by Crippen LogP contribution is -2.33. The Morgan fingerprint density at radius 2 is 2.19 bits per heavy atom. The molecule has 1 aromatic carbocycles. The fourth-order valence-electron chi connectivity index (χ4n) is 1.36. The van der Waals surface area contributed by atoms with Crippen LogP contribution in [0.4, 0.5) is 0 Å². The minimum atomic E-state index is -0.919. The van der Waals surface area contributed by atoms with Gasteiger partial charge in [-0.3, -0.25) is 4.79 Å². The Balaban J connectivity index is 2.51. The van der Waals surface area contributed by atoms with Gasteiger partial charge in [-0.2, -0.15) is 0 Å². The van der Waals surface area contributed by atoms with Crippen LogP contribution in [0.5, 0.6) is 0 Å². The zero-order valence-corrected chi connectivity index (χ0v) is 9.44. The summed E-state index contributed by atoms with van der Waals surface area (Å²) < 4.78 is 0. The molecule has 0 radical (unpaired) electrons. The minimum Gasteiger partial charge on any atom is -0.383 e. The molecule has 0 aliphatic rings. The zero-order chi connectivity index (χ0) is 12.0. The van der Waals surface area contributed by atoms with Gasteiger partial charge in [0.25, 0.3) is 0 Å². The molecule has 0 bridgehead atoms. The molecule has 0 aromatic heterocycles. The van der Waals surface area contributed by atoms with Crippen molar-refractivity contribution in [2.45, 2.75) is 32.5 Å². The van der Waals surface area contributed by atoms with E-state index in [9.17, 15) is 9.90 Å². The highest BCUT2D eigenvalue weighted by Gasteiger charge is 2.11. The molecule has 4 heteroatoms. The SMILES string of the molecule is CCC(O)C(=O)NCc1cccc(CN)c1. The van der Waals surface area contributed by atoms with Crippen LogP contribution in [0.2, 0.25) is 0 Å². The van der Waals surface area contributed by atoms with E-state index >= 15 is 0 Å². The normalized spacial score (nSPS) is 12.2. The summed E-state index contributed by atoms with van der Waals surface area (Å²) in [5.41, 5.74) is 7.53. The summed E-state index contributed by atoms with van der Waals surface area (Å²) in [5, 5.41) is 11.9. The lowest BCUT2D eigenvalue weighted by Gasteiger charge is -2.09. The number of hydrogen-bond acceptors (Lipinski definition) is 3. The van der Waals surface area contributed by atoms with Gasteiger partial charge < -0.3 is 16.2 Å². The highest BCUT2D eigenvalue weighted by molar-refractivity contribution is 5.80. The third-order valence-electron chi connectivity index (χ3n) is 2.38. The summed E-state index contributed by atoms with van der Waals surface area (Å²) in [6.07, 6.45) is -0.494. The fraction of sp³-hybridized carbons (Fsp3) is 0.417. The number of aliphatic hydroxyl groups is 1. The summed E-state index contributed by atoms with van der Waals surface area (Å²) in [6.45, 7) is 2.67. The number of carbonyl (C=O) groups excluding carboxylic acids is 1. The molecule has 0 aliphatic carbocycles. The molecule has 4 N–H and O–H groups in total. The van der Waals surface area contributed by atoms with Gasteiger partial charge in [0.2, 0.25) is 5.91 Å². The first-order chi connectivity index (χ1) is 7.67. The molecule has 0 saturated carbocycles. The third-order valence-corrected chi connectivity index (χ3v) is 2.38. The van der Waals surface area contributed by atoms with Gasteiger partial charge >= 0.3 is 0 Å². The molecular formula is C12H18N2O2. The second-order valence-electron chi connectivity index (χ2n) is 3.67. The number of carbonyl (C=O) groups is 1. The number of hydrogen-bond donors (Lipinski definition) is 3. The zero-order valence-electron chi connectivity index (χ0n) is 9.44. The van der Waals surface area contributed by atoms with Gasteiger partial charge in [0.1, 0.15) is 6.10 Å². The van der Waals surface area contributed by atoms with E-state index in [0.29, 0.717) is 19.5 Å². The Labute approximate surface area is 95.5 Å². The number of amides is 1. The van der Waals surface area contributed by atoms with Crippen LogP contribution in [0.3, 0.4) is 0 Å². The molecule has 0 heterocycles. The maximum absolute atomic E-state index is 11.3. The van der Waals surface area contributed by atoms with Crippen LogP contribution in [0, 0.1) is 0 Å². The predicted octanol–water partition coefficient (Wildman–Crippen LogP) is 0.532. The topological polar surface area (TPSA) is 75.3 Å². The van der Waals surface area contributed by atoms with Crippen molar-refractivity contribution in [3.05, 3.63) is 35.4 Å². The summed E-state index contributed by atoms with van der Waals surface area (Å²) in [5.74, 6) is -0.333. The number of nitrogens with two attached hydrogens (primary N) is 1. The molecule has 0 fully saturated rings. The Kier molecular flexibility index (Phi) is 4.95. The first-order valence-electron chi connectivity index (χ1n) is 5.41. The van der Waals surface area contributed by atoms with E-state index in [1.807, 2.05) is 24.3 Å². The van der Waals surface area contributed by atoms with Crippen molar-refractivity contribution in [3.63, 3.8) is 0 Å². The summed E-state index contributed by atoms with van der Waals surface area (Å²) >= 11 is 0. The van der Waals surface area contributed by atoms with Gasteiger partial charge in [-0.1, -0.05) is 31.2 Å². The van der Waals surface area contributed by atoms with Crippen LogP contribution in [-0.4, -0.2) is 17.1 Å². The van der Waals surface area contributed by atoms with Crippen molar-refractivity contribution in [1.82, 2.24) is 5.32 Å². The van der Waals surface area contributed by atoms with Crippen LogP contribution >= 0.6 is 0 Å². The Hall–Kier alpha value is -1.39. The molecule has 88 valence electrons. The second-order valence-corrected chi connectivity index (χ2v) is 3.67. The first-order valence-corrected chi connectivity index (χ1v) is 5.41. The Bertz CT molecular complexity index is 353. The molecule has 4 nitrogen and oxygen atoms in total. The lowest BCUT2D eigenvalue weighted by atomic mass is 10.1. The van der Waals surface area contributed by atoms with E-state index in [2.05, 4.69) is 5.32 Å². The summed E-state index contributed by atoms with van der Waals surface area (Å²) in [7, 11) is 0. The molecule has 0 spiro atoms. The van der Waals surface area contributed by atoms with Crippen LogP contribution in [0.25, 0.3) is 0 Å².